The van der Waals surface area contributed by atoms with Crippen LogP contribution in [0.4, 0.5) is 17.1 Å². The second-order valence-electron chi connectivity index (χ2n) is 16.1. The maximum Gasteiger partial charge on any atom is 0.0640 e. The highest BCUT2D eigenvalue weighted by Gasteiger charge is 2.21. The quantitative estimate of drug-likeness (QED) is 0.158. The van der Waals surface area contributed by atoms with Crippen molar-refractivity contribution in [2.75, 3.05) is 4.90 Å². The normalized spacial score (nSPS) is 11.9. The van der Waals surface area contributed by atoms with Crippen molar-refractivity contribution < 1.29 is 0 Å². The van der Waals surface area contributed by atoms with Crippen molar-refractivity contribution in [3.63, 3.8) is 0 Å². The van der Waals surface area contributed by atoms with E-state index < -0.39 is 0 Å². The molecule has 0 saturated carbocycles. The number of aromatic nitrogens is 1. The molecule has 2 nitrogen and oxygen atoms in total. The molecule has 0 saturated heterocycles. The summed E-state index contributed by atoms with van der Waals surface area (Å²) >= 11 is 1.90. The maximum absolute atomic E-state index is 2.46. The summed E-state index contributed by atoms with van der Waals surface area (Å²) in [5.74, 6) is 0. The number of fused-ring (bicyclic) bond motifs is 13. The molecule has 61 heavy (non-hydrogen) atoms. The van der Waals surface area contributed by atoms with Crippen molar-refractivity contribution >= 4 is 113 Å². The molecule has 0 aliphatic rings. The highest BCUT2D eigenvalue weighted by atomic mass is 32.1. The molecule has 284 valence electrons. The second-order valence-corrected chi connectivity index (χ2v) is 17.1. The maximum atomic E-state index is 2.46. The Morgan fingerprint density at radius 2 is 0.885 bits per heavy atom. The molecule has 0 N–H and O–H groups in total. The van der Waals surface area contributed by atoms with Gasteiger partial charge in [0, 0.05) is 48.7 Å². The minimum absolute atomic E-state index is 1.11. The van der Waals surface area contributed by atoms with Gasteiger partial charge in [0.15, 0.2) is 0 Å². The molecule has 0 bridgehead atoms. The van der Waals surface area contributed by atoms with Crippen LogP contribution in [0.15, 0.2) is 218 Å². The van der Waals surface area contributed by atoms with Gasteiger partial charge < -0.3 is 9.47 Å². The second kappa shape index (κ2) is 13.4. The van der Waals surface area contributed by atoms with E-state index in [1.54, 1.807) is 0 Å². The fraction of sp³-hybridized carbons (Fsp3) is 0. The summed E-state index contributed by atoms with van der Waals surface area (Å²) in [6.07, 6.45) is 0. The largest absolute Gasteiger partial charge is 0.309 e. The van der Waals surface area contributed by atoms with E-state index >= 15 is 0 Å². The summed E-state index contributed by atoms with van der Waals surface area (Å²) < 4.78 is 5.06. The van der Waals surface area contributed by atoms with Gasteiger partial charge in [0.05, 0.1) is 21.4 Å². The molecule has 13 aromatic rings. The lowest BCUT2D eigenvalue weighted by Gasteiger charge is -2.27. The van der Waals surface area contributed by atoms with E-state index in [9.17, 15) is 0 Å². The molecule has 2 aromatic heterocycles. The number of hydrogen-bond donors (Lipinski definition) is 0. The predicted molar refractivity (Wildman–Crippen MR) is 264 cm³/mol. The third kappa shape index (κ3) is 5.28. The topological polar surface area (TPSA) is 8.17 Å². The van der Waals surface area contributed by atoms with Crippen molar-refractivity contribution in [3.8, 4) is 16.8 Å². The highest BCUT2D eigenvalue weighted by molar-refractivity contribution is 7.27. The lowest BCUT2D eigenvalue weighted by atomic mass is 10.00. The van der Waals surface area contributed by atoms with Crippen molar-refractivity contribution in [2.24, 2.45) is 0 Å². The number of rotatable bonds is 5. The van der Waals surface area contributed by atoms with E-state index in [4.69, 9.17) is 0 Å². The fourth-order valence-electron chi connectivity index (χ4n) is 9.85. The first kappa shape index (κ1) is 34.2. The lowest BCUT2D eigenvalue weighted by Crippen LogP contribution is -2.10. The number of nitrogens with zero attached hydrogens (tertiary/aromatic N) is 2. The number of hydrogen-bond acceptors (Lipinski definition) is 2. The van der Waals surface area contributed by atoms with Crippen LogP contribution in [0.25, 0.3) is 102 Å². The molecular weight excluding hydrogens is 757 g/mol. The van der Waals surface area contributed by atoms with Crippen LogP contribution in [0.2, 0.25) is 0 Å². The van der Waals surface area contributed by atoms with E-state index in [0.717, 1.165) is 17.1 Å². The van der Waals surface area contributed by atoms with Gasteiger partial charge in [-0.3, -0.25) is 0 Å². The number of thiophene rings is 1. The van der Waals surface area contributed by atoms with Gasteiger partial charge in [0.25, 0.3) is 0 Å². The third-order valence-corrected chi connectivity index (χ3v) is 14.0. The van der Waals surface area contributed by atoms with Crippen molar-refractivity contribution in [1.29, 1.82) is 0 Å². The summed E-state index contributed by atoms with van der Waals surface area (Å²) in [5, 5.41) is 15.2. The Bertz CT molecular complexity index is 3880. The minimum Gasteiger partial charge on any atom is -0.309 e. The first-order chi connectivity index (χ1) is 30.2. The van der Waals surface area contributed by atoms with Gasteiger partial charge in [-0.1, -0.05) is 170 Å². The van der Waals surface area contributed by atoms with Gasteiger partial charge in [0.1, 0.15) is 0 Å². The Morgan fingerprint density at radius 1 is 0.328 bits per heavy atom. The first-order valence-corrected chi connectivity index (χ1v) is 21.7. The smallest absolute Gasteiger partial charge is 0.0640 e. The molecule has 0 unspecified atom stereocenters. The molecule has 2 heterocycles. The van der Waals surface area contributed by atoms with Crippen LogP contribution < -0.4 is 4.90 Å². The van der Waals surface area contributed by atoms with Crippen molar-refractivity contribution in [2.45, 2.75) is 0 Å². The Kier molecular flexibility index (Phi) is 7.51. The Morgan fingerprint density at radius 3 is 1.69 bits per heavy atom. The summed E-state index contributed by atoms with van der Waals surface area (Å²) in [5.41, 5.74) is 9.39. The molecule has 11 aromatic carbocycles. The molecular formula is C58H36N2S. The minimum atomic E-state index is 1.11. The zero-order valence-electron chi connectivity index (χ0n) is 33.1. The molecule has 0 fully saturated rings. The van der Waals surface area contributed by atoms with Crippen LogP contribution in [-0.2, 0) is 0 Å². The lowest BCUT2D eigenvalue weighted by molar-refractivity contribution is 1.19. The molecule has 0 amide bonds. The van der Waals surface area contributed by atoms with Crippen molar-refractivity contribution in [3.05, 3.63) is 218 Å². The van der Waals surface area contributed by atoms with E-state index in [1.807, 2.05) is 11.3 Å². The fourth-order valence-corrected chi connectivity index (χ4v) is 11.2. The summed E-state index contributed by atoms with van der Waals surface area (Å²) in [6, 6.07) is 80.5. The zero-order chi connectivity index (χ0) is 40.0. The van der Waals surface area contributed by atoms with Gasteiger partial charge in [-0.05, 0) is 97.4 Å². The Hall–Kier alpha value is -7.72. The van der Waals surface area contributed by atoms with Crippen LogP contribution in [0.3, 0.4) is 0 Å². The van der Waals surface area contributed by atoms with E-state index in [1.165, 1.54) is 102 Å². The van der Waals surface area contributed by atoms with Crippen LogP contribution in [-0.4, -0.2) is 4.57 Å². The summed E-state index contributed by atoms with van der Waals surface area (Å²) in [4.78, 5) is 2.46. The van der Waals surface area contributed by atoms with Gasteiger partial charge >= 0.3 is 0 Å². The van der Waals surface area contributed by atoms with E-state index in [0.29, 0.717) is 0 Å². The van der Waals surface area contributed by atoms with E-state index in [2.05, 4.69) is 228 Å². The third-order valence-electron chi connectivity index (χ3n) is 12.7. The van der Waals surface area contributed by atoms with Crippen LogP contribution in [0.5, 0.6) is 0 Å². The van der Waals surface area contributed by atoms with Crippen LogP contribution in [0, 0.1) is 0 Å². The summed E-state index contributed by atoms with van der Waals surface area (Å²) in [6.45, 7) is 0. The Balaban J connectivity index is 1.01. The number of anilines is 3. The van der Waals surface area contributed by atoms with Gasteiger partial charge in [-0.25, -0.2) is 0 Å². The molecule has 0 radical (unpaired) electrons. The Labute approximate surface area is 356 Å². The molecule has 3 heteroatoms. The molecule has 0 atom stereocenters. The van der Waals surface area contributed by atoms with Crippen molar-refractivity contribution in [1.82, 2.24) is 4.57 Å². The predicted octanol–water partition coefficient (Wildman–Crippen LogP) is 16.9. The monoisotopic (exact) mass is 792 g/mol. The SMILES string of the molecule is c1ccc(-n2c3cc(-c4ccc(N(c5ccc6ccc7ccccc7c6c5)c5cccc6c5sc5c7ccccc7ccc65)cc4)ccc3c3ccc4ccccc4c32)cc1. The van der Waals surface area contributed by atoms with Crippen LogP contribution >= 0.6 is 11.3 Å². The zero-order valence-corrected chi connectivity index (χ0v) is 33.9. The molecule has 13 rings (SSSR count). The number of benzene rings is 11. The molecule has 0 aliphatic carbocycles. The van der Waals surface area contributed by atoms with Crippen LogP contribution in [0.1, 0.15) is 0 Å². The molecule has 0 aliphatic heterocycles. The number of para-hydroxylation sites is 1. The summed E-state index contributed by atoms with van der Waals surface area (Å²) in [7, 11) is 0. The van der Waals surface area contributed by atoms with Gasteiger partial charge in [-0.2, -0.15) is 0 Å². The molecule has 0 spiro atoms. The van der Waals surface area contributed by atoms with Gasteiger partial charge in [-0.15, -0.1) is 11.3 Å². The van der Waals surface area contributed by atoms with E-state index in [-0.39, 0.29) is 0 Å². The van der Waals surface area contributed by atoms with Gasteiger partial charge in [0.2, 0.25) is 0 Å². The first-order valence-electron chi connectivity index (χ1n) is 20.9. The standard InChI is InChI=1S/C58H36N2S/c1-2-14-43(15-3-1)60-55-35-42(28-32-49(55)50-33-26-39-12-5-8-17-47(39)56(50)60)37-23-29-44(30-24-37)59(45-31-25-41-22-21-38-11-4-7-16-46(38)53(41)36-45)54-20-10-19-51-52-34-27-40-13-6-9-18-48(40)57(52)61-58(51)54/h1-36H. The average molecular weight is 793 g/mol. The average Bonchev–Trinajstić information content (AvgIpc) is 3.89. The highest BCUT2D eigenvalue weighted by Crippen LogP contribution is 2.47.